The van der Waals surface area contributed by atoms with Crippen LogP contribution in [-0.2, 0) is 17.8 Å². The molecule has 8 nitrogen and oxygen atoms in total. The van der Waals surface area contributed by atoms with Crippen molar-refractivity contribution >= 4 is 6.09 Å². The molecule has 0 saturated heterocycles. The van der Waals surface area contributed by atoms with Gasteiger partial charge in [0.05, 0.1) is 0 Å². The molecule has 0 aliphatic heterocycles. The van der Waals surface area contributed by atoms with Gasteiger partial charge in [0.2, 0.25) is 5.82 Å². The molecule has 0 radical (unpaired) electrons. The molecular formula is C16H20N6O2. The van der Waals surface area contributed by atoms with Gasteiger partial charge in [0, 0.05) is 12.1 Å². The number of carbonyl (C=O) groups is 1. The smallest absolute Gasteiger partial charge is 0.407 e. The lowest BCUT2D eigenvalue weighted by Crippen LogP contribution is -2.33. The molecule has 0 atom stereocenters. The number of hydrogen-bond acceptors (Lipinski definition) is 5. The minimum absolute atomic E-state index is 0.0570. The predicted molar refractivity (Wildman–Crippen MR) is 87.8 cm³/mol. The monoisotopic (exact) mass is 328 g/mol. The molecule has 8 heteroatoms. The minimum atomic E-state index is -0.497. The normalized spacial score (nSPS) is 10.9. The van der Waals surface area contributed by atoms with E-state index < -0.39 is 11.7 Å². The van der Waals surface area contributed by atoms with Crippen LogP contribution < -0.4 is 5.32 Å². The van der Waals surface area contributed by atoms with E-state index in [1.165, 1.54) is 4.80 Å². The molecule has 126 valence electrons. The van der Waals surface area contributed by atoms with Crippen molar-refractivity contribution in [2.75, 3.05) is 6.54 Å². The largest absolute Gasteiger partial charge is 0.444 e. The van der Waals surface area contributed by atoms with E-state index in [0.29, 0.717) is 18.8 Å². The summed E-state index contributed by atoms with van der Waals surface area (Å²) >= 11 is 0. The first kappa shape index (κ1) is 17.4. The summed E-state index contributed by atoms with van der Waals surface area (Å²) in [6, 6.07) is 7.67. The Balaban J connectivity index is 1.86. The molecule has 0 saturated carbocycles. The molecule has 24 heavy (non-hydrogen) atoms. The third kappa shape index (κ3) is 5.35. The van der Waals surface area contributed by atoms with Gasteiger partial charge in [0.15, 0.2) is 0 Å². The summed E-state index contributed by atoms with van der Waals surface area (Å²) in [5.41, 5.74) is 1.40. The van der Waals surface area contributed by atoms with E-state index in [-0.39, 0.29) is 6.67 Å². The van der Waals surface area contributed by atoms with Gasteiger partial charge < -0.3 is 10.1 Å². The first-order chi connectivity index (χ1) is 11.4. The fourth-order valence-corrected chi connectivity index (χ4v) is 1.93. The Labute approximate surface area is 140 Å². The first-order valence-corrected chi connectivity index (χ1v) is 7.54. The number of ether oxygens (including phenoxy) is 1. The Bertz CT molecular complexity index is 724. The maximum atomic E-state index is 11.6. The number of tetrazole rings is 1. The molecule has 0 bridgehead atoms. The molecule has 1 heterocycles. The summed E-state index contributed by atoms with van der Waals surface area (Å²) in [5.74, 6) is 0.483. The number of amides is 1. The summed E-state index contributed by atoms with van der Waals surface area (Å²) in [4.78, 5) is 16.0. The van der Waals surface area contributed by atoms with Crippen molar-refractivity contribution < 1.29 is 9.53 Å². The molecule has 0 aliphatic carbocycles. The predicted octanol–water partition coefficient (Wildman–Crippen LogP) is 2.28. The third-order valence-corrected chi connectivity index (χ3v) is 2.94. The molecule has 0 spiro atoms. The van der Waals surface area contributed by atoms with Gasteiger partial charge in [-0.1, -0.05) is 29.1 Å². The Kier molecular flexibility index (Phi) is 5.47. The highest BCUT2D eigenvalue weighted by Gasteiger charge is 2.15. The van der Waals surface area contributed by atoms with E-state index in [2.05, 4.69) is 25.6 Å². The molecule has 2 aromatic rings. The zero-order valence-electron chi connectivity index (χ0n) is 14.0. The molecule has 0 fully saturated rings. The average Bonchev–Trinajstić information content (AvgIpc) is 2.95. The number of rotatable bonds is 5. The highest BCUT2D eigenvalue weighted by molar-refractivity contribution is 5.67. The van der Waals surface area contributed by atoms with Crippen molar-refractivity contribution in [2.24, 2.45) is 0 Å². The van der Waals surface area contributed by atoms with Crippen molar-refractivity contribution in [3.05, 3.63) is 41.2 Å². The molecule has 2 rings (SSSR count). The van der Waals surface area contributed by atoms with Crippen LogP contribution in [0.4, 0.5) is 4.79 Å². The van der Waals surface area contributed by atoms with Crippen molar-refractivity contribution in [1.29, 1.82) is 0 Å². The van der Waals surface area contributed by atoms with E-state index in [0.717, 1.165) is 11.1 Å². The van der Waals surface area contributed by atoms with Gasteiger partial charge in [-0.05, 0) is 38.0 Å². The van der Waals surface area contributed by atoms with Crippen LogP contribution in [0.3, 0.4) is 0 Å². The number of carbonyl (C=O) groups excluding carboxylic acids is 1. The maximum absolute atomic E-state index is 11.6. The number of nitrogens with one attached hydrogen (secondary N) is 1. The van der Waals surface area contributed by atoms with Gasteiger partial charge in [0.25, 0.3) is 0 Å². The van der Waals surface area contributed by atoms with Gasteiger partial charge in [-0.15, -0.1) is 10.2 Å². The van der Waals surface area contributed by atoms with Gasteiger partial charge in [-0.3, -0.25) is 4.85 Å². The molecular weight excluding hydrogens is 308 g/mol. The fraction of sp³-hybridized carbons (Fsp3) is 0.438. The van der Waals surface area contributed by atoms with Crippen LogP contribution in [0.1, 0.15) is 26.3 Å². The van der Waals surface area contributed by atoms with Crippen molar-refractivity contribution in [1.82, 2.24) is 25.5 Å². The zero-order valence-corrected chi connectivity index (χ0v) is 14.0. The molecule has 0 aliphatic rings. The standard InChI is InChI=1S/C16H20N6O2/c1-16(2,3)24-15(23)18-10-9-12-5-7-13(8-6-12)14-19-21-22(20-14)11-17-4/h5-8H,9-11H2,1-3H3,(H,18,23). The number of alkyl carbamates (subject to hydrolysis) is 1. The Hall–Kier alpha value is -2.95. The highest BCUT2D eigenvalue weighted by atomic mass is 16.6. The van der Waals surface area contributed by atoms with Crippen LogP contribution in [0.15, 0.2) is 24.3 Å². The van der Waals surface area contributed by atoms with Crippen LogP contribution in [0.5, 0.6) is 0 Å². The summed E-state index contributed by atoms with van der Waals surface area (Å²) in [6.45, 7) is 12.8. The van der Waals surface area contributed by atoms with Crippen LogP contribution in [0.2, 0.25) is 0 Å². The SMILES string of the molecule is [C-]#[N+]Cn1nnc(-c2ccc(CCNC(=O)OC(C)(C)C)cc2)n1. The molecule has 1 amide bonds. The Morgan fingerprint density at radius 3 is 2.67 bits per heavy atom. The average molecular weight is 328 g/mol. The highest BCUT2D eigenvalue weighted by Crippen LogP contribution is 2.14. The van der Waals surface area contributed by atoms with Gasteiger partial charge in [0.1, 0.15) is 5.60 Å². The van der Waals surface area contributed by atoms with Gasteiger partial charge in [-0.2, -0.15) is 0 Å². The maximum Gasteiger partial charge on any atom is 0.407 e. The topological polar surface area (TPSA) is 86.3 Å². The van der Waals surface area contributed by atoms with E-state index in [1.54, 1.807) is 0 Å². The van der Waals surface area contributed by atoms with Crippen LogP contribution >= 0.6 is 0 Å². The number of benzene rings is 1. The molecule has 1 N–H and O–H groups in total. The second-order valence-corrected chi connectivity index (χ2v) is 6.16. The van der Waals surface area contributed by atoms with E-state index in [1.807, 2.05) is 45.0 Å². The fourth-order valence-electron chi connectivity index (χ4n) is 1.93. The zero-order chi connectivity index (χ0) is 17.6. The van der Waals surface area contributed by atoms with Gasteiger partial charge >= 0.3 is 12.8 Å². The van der Waals surface area contributed by atoms with Crippen LogP contribution in [0.25, 0.3) is 16.2 Å². The second-order valence-electron chi connectivity index (χ2n) is 6.16. The number of aromatic nitrogens is 4. The second kappa shape index (κ2) is 7.55. The van der Waals surface area contributed by atoms with E-state index >= 15 is 0 Å². The molecule has 1 aromatic carbocycles. The van der Waals surface area contributed by atoms with Crippen LogP contribution in [0, 0.1) is 6.57 Å². The summed E-state index contributed by atoms with van der Waals surface area (Å²) in [6.07, 6.45) is 0.275. The van der Waals surface area contributed by atoms with Crippen LogP contribution in [-0.4, -0.2) is 38.4 Å². The summed E-state index contributed by atoms with van der Waals surface area (Å²) in [5, 5.41) is 14.6. The molecule has 0 unspecified atom stereocenters. The van der Waals surface area contributed by atoms with E-state index in [4.69, 9.17) is 11.3 Å². The first-order valence-electron chi connectivity index (χ1n) is 7.54. The lowest BCUT2D eigenvalue weighted by atomic mass is 10.1. The van der Waals surface area contributed by atoms with Crippen molar-refractivity contribution in [3.63, 3.8) is 0 Å². The summed E-state index contributed by atoms with van der Waals surface area (Å²) in [7, 11) is 0. The Morgan fingerprint density at radius 1 is 1.33 bits per heavy atom. The summed E-state index contributed by atoms with van der Waals surface area (Å²) < 4.78 is 5.18. The van der Waals surface area contributed by atoms with Crippen molar-refractivity contribution in [3.8, 4) is 11.4 Å². The van der Waals surface area contributed by atoms with E-state index in [9.17, 15) is 4.79 Å². The van der Waals surface area contributed by atoms with Crippen molar-refractivity contribution in [2.45, 2.75) is 39.5 Å². The lowest BCUT2D eigenvalue weighted by molar-refractivity contribution is 0.0528. The quantitative estimate of drug-likeness (QED) is 0.851. The third-order valence-electron chi connectivity index (χ3n) is 2.94. The minimum Gasteiger partial charge on any atom is -0.444 e. The van der Waals surface area contributed by atoms with Gasteiger partial charge in [-0.25, -0.2) is 11.4 Å². The number of hydrogen-bond donors (Lipinski definition) is 1. The molecule has 1 aromatic heterocycles. The number of nitrogens with zero attached hydrogens (tertiary/aromatic N) is 5. The Morgan fingerprint density at radius 2 is 2.04 bits per heavy atom. The lowest BCUT2D eigenvalue weighted by Gasteiger charge is -2.19.